The first kappa shape index (κ1) is 18.1. The molecule has 4 nitrogen and oxygen atoms in total. The number of rotatable bonds is 4. The Kier molecular flexibility index (Phi) is 4.66. The van der Waals surface area contributed by atoms with Crippen LogP contribution in [0, 0.1) is 6.92 Å². The standard InChI is InChI=1S/C25H25N3O/c1-16-13-27-25-21(16)12-20(14-28-25)19-10-18-8-9-29-15-23(18)22(11-19)24(26-2)17-6-4-3-5-7-17/h3-7,10-14,24,26H,8-9,15H2,1-2H3,(H,27,28)/t24-/m1/s1. The fourth-order valence-corrected chi connectivity index (χ4v) is 4.38. The molecule has 2 aromatic heterocycles. The number of nitrogens with one attached hydrogen (secondary N) is 2. The molecule has 0 unspecified atom stereocenters. The van der Waals surface area contributed by atoms with Crippen LogP contribution in [0.2, 0.25) is 0 Å². The maximum absolute atomic E-state index is 5.83. The monoisotopic (exact) mass is 383 g/mol. The van der Waals surface area contributed by atoms with Gasteiger partial charge in [-0.1, -0.05) is 36.4 Å². The molecule has 2 aromatic carbocycles. The summed E-state index contributed by atoms with van der Waals surface area (Å²) in [5.74, 6) is 0. The Morgan fingerprint density at radius 3 is 2.79 bits per heavy atom. The Hall–Kier alpha value is -2.95. The first-order valence-electron chi connectivity index (χ1n) is 10.1. The van der Waals surface area contributed by atoms with E-state index in [2.05, 4.69) is 70.7 Å². The van der Waals surface area contributed by atoms with E-state index in [4.69, 9.17) is 4.74 Å². The summed E-state index contributed by atoms with van der Waals surface area (Å²) in [7, 11) is 2.02. The second-order valence-corrected chi connectivity index (χ2v) is 7.73. The summed E-state index contributed by atoms with van der Waals surface area (Å²) in [6.07, 6.45) is 4.93. The molecular weight excluding hydrogens is 358 g/mol. The van der Waals surface area contributed by atoms with Crippen molar-refractivity contribution in [3.05, 3.63) is 88.7 Å². The van der Waals surface area contributed by atoms with Crippen LogP contribution in [-0.2, 0) is 17.8 Å². The lowest BCUT2D eigenvalue weighted by Gasteiger charge is -2.26. The van der Waals surface area contributed by atoms with Gasteiger partial charge in [0.25, 0.3) is 0 Å². The molecule has 0 radical (unpaired) electrons. The van der Waals surface area contributed by atoms with Crippen molar-refractivity contribution in [2.45, 2.75) is 26.0 Å². The van der Waals surface area contributed by atoms with Crippen molar-refractivity contribution >= 4 is 11.0 Å². The van der Waals surface area contributed by atoms with Crippen LogP contribution in [0.1, 0.15) is 33.9 Å². The van der Waals surface area contributed by atoms with E-state index < -0.39 is 0 Å². The summed E-state index contributed by atoms with van der Waals surface area (Å²) in [6.45, 7) is 3.57. The molecule has 0 spiro atoms. The minimum atomic E-state index is 0.122. The van der Waals surface area contributed by atoms with Crippen molar-refractivity contribution in [2.75, 3.05) is 13.7 Å². The highest BCUT2D eigenvalue weighted by atomic mass is 16.5. The number of aromatic nitrogens is 2. The van der Waals surface area contributed by atoms with Gasteiger partial charge in [0.1, 0.15) is 5.65 Å². The molecule has 4 heteroatoms. The van der Waals surface area contributed by atoms with Crippen molar-refractivity contribution in [1.82, 2.24) is 15.3 Å². The van der Waals surface area contributed by atoms with Crippen LogP contribution in [-0.4, -0.2) is 23.6 Å². The van der Waals surface area contributed by atoms with Crippen LogP contribution < -0.4 is 5.32 Å². The molecule has 5 rings (SSSR count). The second-order valence-electron chi connectivity index (χ2n) is 7.73. The molecule has 2 N–H and O–H groups in total. The van der Waals surface area contributed by atoms with Gasteiger partial charge in [0.05, 0.1) is 19.3 Å². The third-order valence-electron chi connectivity index (χ3n) is 5.94. The number of H-pyrrole nitrogens is 1. The lowest BCUT2D eigenvalue weighted by molar-refractivity contribution is 0.110. The smallest absolute Gasteiger partial charge is 0.137 e. The van der Waals surface area contributed by atoms with Crippen LogP contribution in [0.25, 0.3) is 22.2 Å². The third-order valence-corrected chi connectivity index (χ3v) is 5.94. The number of aromatic amines is 1. The fraction of sp³-hybridized carbons (Fsp3) is 0.240. The normalized spacial score (nSPS) is 14.7. The number of nitrogens with zero attached hydrogens (tertiary/aromatic N) is 1. The maximum atomic E-state index is 5.83. The van der Waals surface area contributed by atoms with E-state index in [-0.39, 0.29) is 6.04 Å². The third kappa shape index (κ3) is 3.24. The lowest BCUT2D eigenvalue weighted by atomic mass is 9.87. The van der Waals surface area contributed by atoms with Crippen LogP contribution in [0.15, 0.2) is 60.9 Å². The number of benzene rings is 2. The van der Waals surface area contributed by atoms with Gasteiger partial charge in [-0.15, -0.1) is 0 Å². The molecule has 29 heavy (non-hydrogen) atoms. The molecule has 146 valence electrons. The van der Waals surface area contributed by atoms with Crippen LogP contribution in [0.4, 0.5) is 0 Å². The Balaban J connectivity index is 1.69. The number of aryl methyl sites for hydroxylation is 1. The Bertz CT molecular complexity index is 1160. The predicted octanol–water partition coefficient (Wildman–Crippen LogP) is 4.92. The summed E-state index contributed by atoms with van der Waals surface area (Å²) < 4.78 is 5.83. The van der Waals surface area contributed by atoms with Crippen molar-refractivity contribution in [3.8, 4) is 11.1 Å². The molecule has 0 amide bonds. The van der Waals surface area contributed by atoms with E-state index in [1.165, 1.54) is 38.8 Å². The first-order valence-corrected chi connectivity index (χ1v) is 10.1. The zero-order valence-electron chi connectivity index (χ0n) is 16.8. The van der Waals surface area contributed by atoms with Crippen molar-refractivity contribution in [1.29, 1.82) is 0 Å². The molecule has 1 aliphatic heterocycles. The molecule has 4 aromatic rings. The van der Waals surface area contributed by atoms with Crippen molar-refractivity contribution < 1.29 is 4.74 Å². The van der Waals surface area contributed by atoms with Gasteiger partial charge in [0.2, 0.25) is 0 Å². The molecule has 1 aliphatic rings. The van der Waals surface area contributed by atoms with E-state index in [0.29, 0.717) is 6.61 Å². The van der Waals surface area contributed by atoms with Crippen molar-refractivity contribution in [2.24, 2.45) is 0 Å². The average molecular weight is 383 g/mol. The summed E-state index contributed by atoms with van der Waals surface area (Å²) in [4.78, 5) is 7.89. The highest BCUT2D eigenvalue weighted by molar-refractivity contribution is 5.84. The zero-order valence-corrected chi connectivity index (χ0v) is 16.8. The Morgan fingerprint density at radius 1 is 1.10 bits per heavy atom. The van der Waals surface area contributed by atoms with Crippen LogP contribution in [0.3, 0.4) is 0 Å². The summed E-state index contributed by atoms with van der Waals surface area (Å²) in [5, 5.41) is 4.70. The van der Waals surface area contributed by atoms with Gasteiger partial charge < -0.3 is 15.0 Å². The minimum Gasteiger partial charge on any atom is -0.376 e. The lowest BCUT2D eigenvalue weighted by Crippen LogP contribution is -2.22. The topological polar surface area (TPSA) is 49.9 Å². The molecule has 3 heterocycles. The van der Waals surface area contributed by atoms with Gasteiger partial charge >= 0.3 is 0 Å². The van der Waals surface area contributed by atoms with E-state index in [9.17, 15) is 0 Å². The van der Waals surface area contributed by atoms with E-state index in [1.807, 2.05) is 19.4 Å². The van der Waals surface area contributed by atoms with Gasteiger partial charge in [-0.05, 0) is 65.9 Å². The fourth-order valence-electron chi connectivity index (χ4n) is 4.38. The SMILES string of the molecule is CN[C@H](c1ccccc1)c1cc(-c2cnc3[nH]cc(C)c3c2)cc2c1COCC2. The molecule has 0 saturated carbocycles. The summed E-state index contributed by atoms with van der Waals surface area (Å²) in [5.41, 5.74) is 9.77. The predicted molar refractivity (Wildman–Crippen MR) is 117 cm³/mol. The van der Waals surface area contributed by atoms with Crippen LogP contribution >= 0.6 is 0 Å². The van der Waals surface area contributed by atoms with E-state index >= 15 is 0 Å². The minimum absolute atomic E-state index is 0.122. The van der Waals surface area contributed by atoms with Gasteiger partial charge in [0, 0.05) is 23.3 Å². The van der Waals surface area contributed by atoms with Crippen molar-refractivity contribution in [3.63, 3.8) is 0 Å². The average Bonchev–Trinajstić information content (AvgIpc) is 3.15. The Labute approximate surface area is 171 Å². The van der Waals surface area contributed by atoms with Gasteiger partial charge in [-0.25, -0.2) is 4.98 Å². The van der Waals surface area contributed by atoms with Gasteiger partial charge in [-0.3, -0.25) is 0 Å². The quantitative estimate of drug-likeness (QED) is 0.526. The van der Waals surface area contributed by atoms with E-state index in [0.717, 1.165) is 24.2 Å². The molecule has 0 aliphatic carbocycles. The maximum Gasteiger partial charge on any atom is 0.137 e. The van der Waals surface area contributed by atoms with E-state index in [1.54, 1.807) is 0 Å². The molecule has 1 atom stereocenters. The number of ether oxygens (including phenoxy) is 1. The zero-order chi connectivity index (χ0) is 19.8. The highest BCUT2D eigenvalue weighted by Gasteiger charge is 2.22. The first-order chi connectivity index (χ1) is 14.2. The number of fused-ring (bicyclic) bond motifs is 2. The molecule has 0 fully saturated rings. The Morgan fingerprint density at radius 2 is 1.97 bits per heavy atom. The summed E-state index contributed by atoms with van der Waals surface area (Å²) >= 11 is 0. The molecule has 0 bridgehead atoms. The molecular formula is C25H25N3O. The van der Waals surface area contributed by atoms with Crippen LogP contribution in [0.5, 0.6) is 0 Å². The van der Waals surface area contributed by atoms with Gasteiger partial charge in [0.15, 0.2) is 0 Å². The number of hydrogen-bond donors (Lipinski definition) is 2. The highest BCUT2D eigenvalue weighted by Crippen LogP contribution is 2.35. The second kappa shape index (κ2) is 7.47. The van der Waals surface area contributed by atoms with Gasteiger partial charge in [-0.2, -0.15) is 0 Å². The summed E-state index contributed by atoms with van der Waals surface area (Å²) in [6, 6.07) is 17.6. The molecule has 0 saturated heterocycles. The number of pyridine rings is 1. The largest absolute Gasteiger partial charge is 0.376 e. The number of hydrogen-bond acceptors (Lipinski definition) is 3.